The number of nitrogens with zero attached hydrogens (tertiary/aromatic N) is 5. The first kappa shape index (κ1) is 24.4. The molecule has 0 radical (unpaired) electrons. The number of rotatable bonds is 7. The molecule has 1 unspecified atom stereocenters. The normalized spacial score (nSPS) is 20.0. The number of aliphatic imine (C=N–C) groups is 1. The molecule has 7 nitrogen and oxygen atoms in total. The minimum absolute atomic E-state index is 0. The molecule has 1 amide bonds. The van der Waals surface area contributed by atoms with Crippen LogP contribution in [0.4, 0.5) is 0 Å². The topological polar surface area (TPSA) is 54.4 Å². The van der Waals surface area contributed by atoms with E-state index in [1.165, 1.54) is 0 Å². The van der Waals surface area contributed by atoms with Gasteiger partial charge in [0.05, 0.1) is 12.6 Å². The first-order chi connectivity index (χ1) is 12.6. The van der Waals surface area contributed by atoms with Gasteiger partial charge in [-0.1, -0.05) is 6.92 Å². The predicted octanol–water partition coefficient (Wildman–Crippen LogP) is 1.15. The molecule has 2 heterocycles. The Hall–Kier alpha value is -0.610. The predicted molar refractivity (Wildman–Crippen MR) is 123 cm³/mol. The molecule has 0 saturated carbocycles. The van der Waals surface area contributed by atoms with Crippen LogP contribution in [0.5, 0.6) is 0 Å². The first-order valence-corrected chi connectivity index (χ1v) is 10.3. The van der Waals surface area contributed by atoms with Gasteiger partial charge in [0.1, 0.15) is 0 Å². The maximum atomic E-state index is 12.6. The van der Waals surface area contributed by atoms with E-state index in [-0.39, 0.29) is 30.0 Å². The first-order valence-electron chi connectivity index (χ1n) is 10.3. The van der Waals surface area contributed by atoms with E-state index in [0.29, 0.717) is 5.91 Å². The van der Waals surface area contributed by atoms with E-state index < -0.39 is 0 Å². The number of carbonyl (C=O) groups is 1. The fraction of sp³-hybridized carbons (Fsp3) is 0.895. The monoisotopic (exact) mass is 494 g/mol. The van der Waals surface area contributed by atoms with Crippen LogP contribution >= 0.6 is 24.0 Å². The number of hydrogen-bond donors (Lipinski definition) is 1. The Morgan fingerprint density at radius 3 is 2.26 bits per heavy atom. The Bertz CT molecular complexity index is 461. The zero-order valence-electron chi connectivity index (χ0n) is 17.6. The van der Waals surface area contributed by atoms with Gasteiger partial charge in [-0.05, 0) is 40.3 Å². The summed E-state index contributed by atoms with van der Waals surface area (Å²) in [5.41, 5.74) is 0. The summed E-state index contributed by atoms with van der Waals surface area (Å²) in [4.78, 5) is 26.4. The molecule has 0 aromatic rings. The third-order valence-corrected chi connectivity index (χ3v) is 5.55. The zero-order chi connectivity index (χ0) is 18.9. The van der Waals surface area contributed by atoms with Crippen LogP contribution in [0.2, 0.25) is 0 Å². The molecule has 0 aliphatic carbocycles. The van der Waals surface area contributed by atoms with E-state index in [1.54, 1.807) is 0 Å². The molecule has 2 saturated heterocycles. The number of carbonyl (C=O) groups excluding carboxylic acids is 1. The number of likely N-dealkylation sites (N-methyl/N-ethyl adjacent to an activating group) is 1. The Morgan fingerprint density at radius 2 is 1.70 bits per heavy atom. The highest BCUT2D eigenvalue weighted by Gasteiger charge is 2.30. The number of halogens is 1. The average molecular weight is 494 g/mol. The van der Waals surface area contributed by atoms with Crippen molar-refractivity contribution in [1.82, 2.24) is 24.9 Å². The van der Waals surface area contributed by atoms with Crippen LogP contribution in [0, 0.1) is 0 Å². The molecule has 2 aliphatic heterocycles. The number of guanidine groups is 1. The van der Waals surface area contributed by atoms with E-state index in [2.05, 4.69) is 47.8 Å². The molecule has 0 bridgehead atoms. The molecular formula is C19H39IN6O. The highest BCUT2D eigenvalue weighted by atomic mass is 127. The van der Waals surface area contributed by atoms with Crippen molar-refractivity contribution < 1.29 is 4.79 Å². The van der Waals surface area contributed by atoms with Gasteiger partial charge >= 0.3 is 0 Å². The average Bonchev–Trinajstić information content (AvgIpc) is 3.21. The summed E-state index contributed by atoms with van der Waals surface area (Å²) in [7, 11) is 2.12. The van der Waals surface area contributed by atoms with Crippen LogP contribution in [0.1, 0.15) is 33.6 Å². The van der Waals surface area contributed by atoms with Crippen LogP contribution in [-0.4, -0.2) is 110 Å². The van der Waals surface area contributed by atoms with E-state index in [9.17, 15) is 4.79 Å². The highest BCUT2D eigenvalue weighted by molar-refractivity contribution is 14.0. The summed E-state index contributed by atoms with van der Waals surface area (Å²) >= 11 is 0. The molecule has 2 aliphatic rings. The Balaban J connectivity index is 0.00000364. The molecule has 158 valence electrons. The highest BCUT2D eigenvalue weighted by Crippen LogP contribution is 2.14. The van der Waals surface area contributed by atoms with Gasteiger partial charge in [-0.2, -0.15) is 0 Å². The summed E-state index contributed by atoms with van der Waals surface area (Å²) in [5.74, 6) is 1.31. The summed E-state index contributed by atoms with van der Waals surface area (Å²) in [6.07, 6.45) is 2.31. The van der Waals surface area contributed by atoms with Crippen molar-refractivity contribution in [1.29, 1.82) is 0 Å². The summed E-state index contributed by atoms with van der Waals surface area (Å²) in [5, 5.41) is 3.42. The van der Waals surface area contributed by atoms with E-state index in [0.717, 1.165) is 84.2 Å². The summed E-state index contributed by atoms with van der Waals surface area (Å²) < 4.78 is 0. The van der Waals surface area contributed by atoms with Gasteiger partial charge in [-0.15, -0.1) is 24.0 Å². The van der Waals surface area contributed by atoms with Crippen molar-refractivity contribution in [3.05, 3.63) is 0 Å². The molecule has 1 atom stereocenters. The van der Waals surface area contributed by atoms with E-state index >= 15 is 0 Å². The standard InChI is InChI=1S/C19H38N6O.HI/c1-5-20-19(21-9-12-22(4)6-2)25-15-13-23(14-16-25)17(3)18(26)24-10-7-8-11-24;/h17H,5-16H2,1-4H3,(H,20,21);1H. The lowest BCUT2D eigenvalue weighted by atomic mass is 10.2. The van der Waals surface area contributed by atoms with Crippen molar-refractivity contribution in [2.24, 2.45) is 4.99 Å². The number of hydrogen-bond acceptors (Lipinski definition) is 4. The largest absolute Gasteiger partial charge is 0.357 e. The van der Waals surface area contributed by atoms with Gasteiger partial charge in [0.25, 0.3) is 0 Å². The zero-order valence-corrected chi connectivity index (χ0v) is 19.9. The quantitative estimate of drug-likeness (QED) is 0.327. The van der Waals surface area contributed by atoms with Crippen LogP contribution < -0.4 is 5.32 Å². The molecule has 2 fully saturated rings. The summed E-state index contributed by atoms with van der Waals surface area (Å²) in [6.45, 7) is 15.6. The lowest BCUT2D eigenvalue weighted by Crippen LogP contribution is -2.57. The minimum atomic E-state index is -0.00650. The smallest absolute Gasteiger partial charge is 0.239 e. The van der Waals surface area contributed by atoms with Crippen molar-refractivity contribution in [3.63, 3.8) is 0 Å². The summed E-state index contributed by atoms with van der Waals surface area (Å²) in [6, 6.07) is -0.00650. The Kier molecular flexibility index (Phi) is 11.6. The molecule has 0 spiro atoms. The SMILES string of the molecule is CCNC(=NCCN(C)CC)N1CCN(C(C)C(=O)N2CCCC2)CC1.I. The molecule has 0 aromatic heterocycles. The minimum Gasteiger partial charge on any atom is -0.357 e. The maximum absolute atomic E-state index is 12.6. The van der Waals surface area contributed by atoms with Crippen LogP contribution in [0.25, 0.3) is 0 Å². The second-order valence-electron chi connectivity index (χ2n) is 7.36. The van der Waals surface area contributed by atoms with Gasteiger partial charge < -0.3 is 20.0 Å². The van der Waals surface area contributed by atoms with Gasteiger partial charge in [0.15, 0.2) is 5.96 Å². The van der Waals surface area contributed by atoms with Crippen molar-refractivity contribution in [3.8, 4) is 0 Å². The number of piperazine rings is 1. The van der Waals surface area contributed by atoms with Crippen molar-refractivity contribution in [2.75, 3.05) is 72.5 Å². The third kappa shape index (κ3) is 7.38. The Morgan fingerprint density at radius 1 is 1.07 bits per heavy atom. The van der Waals surface area contributed by atoms with Gasteiger partial charge in [-0.25, -0.2) is 0 Å². The van der Waals surface area contributed by atoms with Crippen LogP contribution in [0.3, 0.4) is 0 Å². The molecule has 2 rings (SSSR count). The van der Waals surface area contributed by atoms with Crippen LogP contribution in [0.15, 0.2) is 4.99 Å². The molecule has 1 N–H and O–H groups in total. The third-order valence-electron chi connectivity index (χ3n) is 5.55. The molecule has 8 heteroatoms. The van der Waals surface area contributed by atoms with Gasteiger partial charge in [-0.3, -0.25) is 14.7 Å². The molecular weight excluding hydrogens is 455 g/mol. The lowest BCUT2D eigenvalue weighted by molar-refractivity contribution is -0.135. The number of nitrogens with one attached hydrogen (secondary N) is 1. The van der Waals surface area contributed by atoms with Crippen molar-refractivity contribution >= 4 is 35.8 Å². The van der Waals surface area contributed by atoms with Gasteiger partial charge in [0.2, 0.25) is 5.91 Å². The molecule has 0 aromatic carbocycles. The fourth-order valence-electron chi connectivity index (χ4n) is 3.59. The molecule has 27 heavy (non-hydrogen) atoms. The fourth-order valence-corrected chi connectivity index (χ4v) is 3.59. The lowest BCUT2D eigenvalue weighted by Gasteiger charge is -2.39. The van der Waals surface area contributed by atoms with Gasteiger partial charge in [0, 0.05) is 52.4 Å². The second-order valence-corrected chi connectivity index (χ2v) is 7.36. The second kappa shape index (κ2) is 12.8. The number of amides is 1. The van der Waals surface area contributed by atoms with E-state index in [4.69, 9.17) is 4.99 Å². The van der Waals surface area contributed by atoms with Crippen molar-refractivity contribution in [2.45, 2.75) is 39.7 Å². The Labute approximate surface area is 182 Å². The maximum Gasteiger partial charge on any atom is 0.239 e. The van der Waals surface area contributed by atoms with E-state index in [1.807, 2.05) is 4.90 Å². The van der Waals surface area contributed by atoms with Crippen LogP contribution in [-0.2, 0) is 4.79 Å². The number of likely N-dealkylation sites (tertiary alicyclic amines) is 1.